The van der Waals surface area contributed by atoms with Gasteiger partial charge in [-0.3, -0.25) is 4.79 Å². The normalized spacial score (nSPS) is 28.4. The molecule has 1 heterocycles. The molecule has 0 amide bonds. The molecule has 1 saturated heterocycles. The molecule has 5 nitrogen and oxygen atoms in total. The van der Waals surface area contributed by atoms with E-state index in [-0.39, 0.29) is 18.6 Å². The molecule has 0 aromatic heterocycles. The zero-order chi connectivity index (χ0) is 20.9. The molecule has 2 aliphatic rings. The number of ketones is 1. The molecule has 0 aromatic carbocycles. The van der Waals surface area contributed by atoms with Gasteiger partial charge in [-0.05, 0) is 55.8 Å². The Balaban J connectivity index is 1.76. The van der Waals surface area contributed by atoms with E-state index < -0.39 is 17.9 Å². The third-order valence-electron chi connectivity index (χ3n) is 6.71. The summed E-state index contributed by atoms with van der Waals surface area (Å²) < 4.78 is 5.63. The summed E-state index contributed by atoms with van der Waals surface area (Å²) in [5.74, 6) is -1.65. The molecule has 0 aromatic rings. The van der Waals surface area contributed by atoms with E-state index in [9.17, 15) is 14.7 Å². The molecule has 160 valence electrons. The molecule has 5 heteroatoms. The zero-order valence-corrected chi connectivity index (χ0v) is 17.8. The molecular weight excluding hydrogens is 356 g/mol. The Morgan fingerprint density at radius 2 is 1.93 bits per heavy atom. The summed E-state index contributed by atoms with van der Waals surface area (Å²) >= 11 is 0. The molecule has 2 N–H and O–H groups in total. The van der Waals surface area contributed by atoms with Crippen LogP contribution < -0.4 is 0 Å². The Labute approximate surface area is 169 Å². The van der Waals surface area contributed by atoms with E-state index in [0.717, 1.165) is 12.8 Å². The minimum Gasteiger partial charge on any atom is -0.475 e. The minimum absolute atomic E-state index is 0.0135. The first kappa shape index (κ1) is 23.1. The molecule has 0 radical (unpaired) electrons. The van der Waals surface area contributed by atoms with Crippen LogP contribution in [0.2, 0.25) is 0 Å². The maximum Gasteiger partial charge on any atom is 0.374 e. The van der Waals surface area contributed by atoms with Gasteiger partial charge >= 0.3 is 5.97 Å². The fraction of sp³-hybridized carbons (Fsp3) is 0.826. The first-order valence-corrected chi connectivity index (χ1v) is 10.9. The number of carboxylic acids is 1. The number of epoxide rings is 1. The van der Waals surface area contributed by atoms with Gasteiger partial charge in [-0.2, -0.15) is 0 Å². The molecule has 2 fully saturated rings. The number of carbonyl (C=O) groups is 2. The van der Waals surface area contributed by atoms with E-state index in [4.69, 9.17) is 9.84 Å². The molecule has 5 atom stereocenters. The van der Waals surface area contributed by atoms with E-state index in [1.165, 1.54) is 50.5 Å². The van der Waals surface area contributed by atoms with Gasteiger partial charge in [0.05, 0.1) is 12.2 Å². The summed E-state index contributed by atoms with van der Waals surface area (Å²) in [4.78, 5) is 22.0. The van der Waals surface area contributed by atoms with Crippen LogP contribution in [0.3, 0.4) is 0 Å². The van der Waals surface area contributed by atoms with Crippen molar-refractivity contribution in [1.82, 2.24) is 0 Å². The van der Waals surface area contributed by atoms with Crippen molar-refractivity contribution in [1.29, 1.82) is 0 Å². The molecule has 1 saturated carbocycles. The molecule has 1 aliphatic carbocycles. The van der Waals surface area contributed by atoms with Crippen LogP contribution in [0, 0.1) is 17.3 Å². The highest BCUT2D eigenvalue weighted by Gasteiger charge is 2.45. The van der Waals surface area contributed by atoms with Gasteiger partial charge in [-0.15, -0.1) is 0 Å². The minimum atomic E-state index is -1.59. The second-order valence-electron chi connectivity index (χ2n) is 9.59. The van der Waals surface area contributed by atoms with Gasteiger partial charge in [-0.1, -0.05) is 52.2 Å². The second-order valence-corrected chi connectivity index (χ2v) is 9.59. The monoisotopic (exact) mass is 394 g/mol. The van der Waals surface area contributed by atoms with Gasteiger partial charge in [0, 0.05) is 6.42 Å². The molecule has 0 spiro atoms. The summed E-state index contributed by atoms with van der Waals surface area (Å²) in [6.07, 6.45) is 9.11. The summed E-state index contributed by atoms with van der Waals surface area (Å²) in [7, 11) is 0. The number of hydrogen-bond acceptors (Lipinski definition) is 4. The van der Waals surface area contributed by atoms with Crippen molar-refractivity contribution in [3.63, 3.8) is 0 Å². The van der Waals surface area contributed by atoms with Crippen molar-refractivity contribution >= 4 is 11.8 Å². The quantitative estimate of drug-likeness (QED) is 0.272. The molecule has 28 heavy (non-hydrogen) atoms. The lowest BCUT2D eigenvalue weighted by Gasteiger charge is -2.26. The standard InChI is InChI=1S/C23H38O5/c1-5-6-11-23(3,4)12-7-8-16-10-9-15(2)17(16)13-19-20(28-19)14-18(24)21(25)22(26)27/h16-20,24H,2,5-14H2,1,3-4H3,(H,26,27)/t16-,17-,18?,19+,20?/m0/s1. The van der Waals surface area contributed by atoms with E-state index in [1.54, 1.807) is 0 Å². The lowest BCUT2D eigenvalue weighted by molar-refractivity contribution is -0.153. The van der Waals surface area contributed by atoms with Crippen LogP contribution >= 0.6 is 0 Å². The van der Waals surface area contributed by atoms with Crippen LogP contribution in [-0.2, 0) is 14.3 Å². The average Bonchev–Trinajstić information content (AvgIpc) is 3.27. The van der Waals surface area contributed by atoms with Crippen molar-refractivity contribution in [3.8, 4) is 0 Å². The maximum absolute atomic E-state index is 11.3. The third kappa shape index (κ3) is 6.70. The highest BCUT2D eigenvalue weighted by molar-refractivity contribution is 6.34. The number of aliphatic carboxylic acids is 1. The van der Waals surface area contributed by atoms with Crippen molar-refractivity contribution < 1.29 is 24.5 Å². The Hall–Kier alpha value is -1.20. The number of carboxylic acid groups (broad SMARTS) is 1. The van der Waals surface area contributed by atoms with Gasteiger partial charge in [0.25, 0.3) is 5.78 Å². The summed E-state index contributed by atoms with van der Waals surface area (Å²) in [6.45, 7) is 11.3. The van der Waals surface area contributed by atoms with Crippen molar-refractivity contribution in [2.75, 3.05) is 0 Å². The van der Waals surface area contributed by atoms with Crippen molar-refractivity contribution in [2.24, 2.45) is 17.3 Å². The Bertz CT molecular complexity index is 567. The number of ether oxygens (including phenoxy) is 1. The number of allylic oxidation sites excluding steroid dienone is 1. The Kier molecular flexibility index (Phi) is 8.26. The van der Waals surface area contributed by atoms with Crippen LogP contribution in [0.4, 0.5) is 0 Å². The number of aliphatic hydroxyl groups is 1. The smallest absolute Gasteiger partial charge is 0.374 e. The van der Waals surface area contributed by atoms with Crippen LogP contribution in [-0.4, -0.2) is 40.3 Å². The highest BCUT2D eigenvalue weighted by atomic mass is 16.6. The Morgan fingerprint density at radius 1 is 1.25 bits per heavy atom. The largest absolute Gasteiger partial charge is 0.475 e. The number of carbonyl (C=O) groups excluding carboxylic acids is 1. The van der Waals surface area contributed by atoms with E-state index >= 15 is 0 Å². The number of hydrogen-bond donors (Lipinski definition) is 2. The fourth-order valence-electron chi connectivity index (χ4n) is 4.73. The molecule has 0 bridgehead atoms. The number of Topliss-reactive ketones (excluding diaryl/α,β-unsaturated/α-hetero) is 1. The van der Waals surface area contributed by atoms with Gasteiger partial charge in [0.1, 0.15) is 6.10 Å². The van der Waals surface area contributed by atoms with Gasteiger partial charge in [-0.25, -0.2) is 4.79 Å². The lowest BCUT2D eigenvalue weighted by Crippen LogP contribution is -2.29. The van der Waals surface area contributed by atoms with Crippen molar-refractivity contribution in [2.45, 2.75) is 103 Å². The fourth-order valence-corrected chi connectivity index (χ4v) is 4.73. The number of rotatable bonds is 13. The molecule has 1 aliphatic heterocycles. The first-order valence-electron chi connectivity index (χ1n) is 10.9. The summed E-state index contributed by atoms with van der Waals surface area (Å²) in [5, 5.41) is 18.4. The number of aliphatic hydroxyl groups excluding tert-OH is 1. The van der Waals surface area contributed by atoms with Crippen molar-refractivity contribution in [3.05, 3.63) is 12.2 Å². The SMILES string of the molecule is C=C1CC[C@H](CCCC(C)(C)CCCC)[C@H]1C[C@H]1OC1CC(O)C(=O)C(=O)O. The third-order valence-corrected chi connectivity index (χ3v) is 6.71. The molecule has 2 rings (SSSR count). The Morgan fingerprint density at radius 3 is 2.57 bits per heavy atom. The first-order chi connectivity index (χ1) is 13.1. The van der Waals surface area contributed by atoms with Crippen LogP contribution in [0.25, 0.3) is 0 Å². The highest BCUT2D eigenvalue weighted by Crippen LogP contribution is 2.45. The van der Waals surface area contributed by atoms with Gasteiger partial charge < -0.3 is 14.9 Å². The lowest BCUT2D eigenvalue weighted by atomic mass is 9.79. The van der Waals surface area contributed by atoms with Gasteiger partial charge in [0.2, 0.25) is 0 Å². The summed E-state index contributed by atoms with van der Waals surface area (Å²) in [6, 6.07) is 0. The predicted octanol–water partition coefficient (Wildman–Crippen LogP) is 4.52. The van der Waals surface area contributed by atoms with Crippen LogP contribution in [0.15, 0.2) is 12.2 Å². The van der Waals surface area contributed by atoms with E-state index in [0.29, 0.717) is 17.3 Å². The second kappa shape index (κ2) is 10.0. The van der Waals surface area contributed by atoms with Crippen LogP contribution in [0.1, 0.15) is 85.0 Å². The maximum atomic E-state index is 11.3. The van der Waals surface area contributed by atoms with E-state index in [1.807, 2.05) is 0 Å². The molecular formula is C23H38O5. The van der Waals surface area contributed by atoms with Gasteiger partial charge in [0.15, 0.2) is 0 Å². The predicted molar refractivity (Wildman–Crippen MR) is 109 cm³/mol. The van der Waals surface area contributed by atoms with E-state index in [2.05, 4.69) is 27.4 Å². The molecule has 2 unspecified atom stereocenters. The summed E-state index contributed by atoms with van der Waals surface area (Å²) in [5.41, 5.74) is 1.71. The average molecular weight is 395 g/mol. The number of unbranched alkanes of at least 4 members (excludes halogenated alkanes) is 1. The topological polar surface area (TPSA) is 87.1 Å². The van der Waals surface area contributed by atoms with Crippen LogP contribution in [0.5, 0.6) is 0 Å². The zero-order valence-electron chi connectivity index (χ0n) is 17.8.